The molecule has 0 aromatic carbocycles. The molecule has 2 rings (SSSR count). The fourth-order valence-corrected chi connectivity index (χ4v) is 1.70. The van der Waals surface area contributed by atoms with Gasteiger partial charge in [-0.1, -0.05) is 0 Å². The molecular weight excluding hydrogens is 234 g/mol. The highest BCUT2D eigenvalue weighted by Crippen LogP contribution is 2.18. The third-order valence-electron chi connectivity index (χ3n) is 2.98. The summed E-state index contributed by atoms with van der Waals surface area (Å²) in [7, 11) is 2.98. The normalized spacial score (nSPS) is 14.8. The van der Waals surface area contributed by atoms with Gasteiger partial charge in [-0.25, -0.2) is 9.48 Å². The molecule has 0 saturated heterocycles. The van der Waals surface area contributed by atoms with Crippen molar-refractivity contribution in [1.29, 1.82) is 0 Å². The van der Waals surface area contributed by atoms with Crippen molar-refractivity contribution in [2.75, 3.05) is 18.4 Å². The molecule has 100 valence electrons. The molecule has 7 nitrogen and oxygen atoms in total. The van der Waals surface area contributed by atoms with E-state index in [0.29, 0.717) is 12.6 Å². The molecule has 1 aromatic rings. The number of nitrogens with zero attached hydrogens (tertiary/aromatic N) is 3. The topological polar surface area (TPSA) is 81.0 Å². The molecule has 1 aromatic heterocycles. The van der Waals surface area contributed by atoms with E-state index in [1.807, 2.05) is 0 Å². The molecule has 1 aliphatic carbocycles. The number of hydrogen-bond acceptors (Lipinski definition) is 5. The summed E-state index contributed by atoms with van der Waals surface area (Å²) < 4.78 is 2.21. The Morgan fingerprint density at radius 2 is 2.00 bits per heavy atom. The van der Waals surface area contributed by atoms with Crippen molar-refractivity contribution in [3.8, 4) is 0 Å². The van der Waals surface area contributed by atoms with Crippen LogP contribution >= 0.6 is 0 Å². The van der Waals surface area contributed by atoms with Gasteiger partial charge in [0.2, 0.25) is 5.82 Å². The fraction of sp³-hybridized carbons (Fsp3) is 0.727. The molecule has 1 aliphatic rings. The van der Waals surface area contributed by atoms with E-state index in [2.05, 4.69) is 15.7 Å². The summed E-state index contributed by atoms with van der Waals surface area (Å²) in [5.74, 6) is 0.228. The Morgan fingerprint density at radius 1 is 1.28 bits per heavy atom. The zero-order chi connectivity index (χ0) is 13.1. The predicted molar refractivity (Wildman–Crippen MR) is 68.9 cm³/mol. The summed E-state index contributed by atoms with van der Waals surface area (Å²) in [4.78, 5) is 23.2. The van der Waals surface area contributed by atoms with Crippen LogP contribution in [0.2, 0.25) is 0 Å². The lowest BCUT2D eigenvalue weighted by molar-refractivity contribution is 0.601. The summed E-state index contributed by atoms with van der Waals surface area (Å²) in [6.07, 6.45) is 3.47. The van der Waals surface area contributed by atoms with Crippen LogP contribution < -0.4 is 21.9 Å². The largest absolute Gasteiger partial charge is 0.364 e. The Balaban J connectivity index is 1.88. The highest BCUT2D eigenvalue weighted by atomic mass is 16.2. The Bertz CT molecular complexity index is 529. The molecule has 7 heteroatoms. The maximum Gasteiger partial charge on any atom is 0.346 e. The number of rotatable bonds is 6. The number of aryl methyl sites for hydroxylation is 1. The van der Waals surface area contributed by atoms with Crippen LogP contribution in [0.4, 0.5) is 5.82 Å². The minimum absolute atomic E-state index is 0.228. The van der Waals surface area contributed by atoms with Gasteiger partial charge in [-0.15, -0.1) is 5.10 Å². The second-order valence-corrected chi connectivity index (χ2v) is 4.63. The van der Waals surface area contributed by atoms with E-state index in [-0.39, 0.29) is 11.4 Å². The van der Waals surface area contributed by atoms with Crippen LogP contribution in [0.3, 0.4) is 0 Å². The number of anilines is 1. The third kappa shape index (κ3) is 2.98. The lowest BCUT2D eigenvalue weighted by Crippen LogP contribution is -2.40. The molecular formula is C11H19N5O2. The highest BCUT2D eigenvalue weighted by Gasteiger charge is 2.19. The smallest absolute Gasteiger partial charge is 0.346 e. The Hall–Kier alpha value is -1.63. The van der Waals surface area contributed by atoms with E-state index in [1.165, 1.54) is 26.9 Å². The van der Waals surface area contributed by atoms with E-state index < -0.39 is 5.69 Å². The highest BCUT2D eigenvalue weighted by molar-refractivity contribution is 5.29. The summed E-state index contributed by atoms with van der Waals surface area (Å²) in [5, 5.41) is 10.3. The lowest BCUT2D eigenvalue weighted by Gasteiger charge is -2.08. The van der Waals surface area contributed by atoms with Crippen LogP contribution in [0.15, 0.2) is 9.59 Å². The van der Waals surface area contributed by atoms with Crippen molar-refractivity contribution in [1.82, 2.24) is 19.7 Å². The van der Waals surface area contributed by atoms with Crippen molar-refractivity contribution in [2.24, 2.45) is 14.1 Å². The van der Waals surface area contributed by atoms with Gasteiger partial charge in [-0.3, -0.25) is 9.36 Å². The summed E-state index contributed by atoms with van der Waals surface area (Å²) in [5.41, 5.74) is -0.797. The van der Waals surface area contributed by atoms with Gasteiger partial charge in [0.1, 0.15) is 0 Å². The average molecular weight is 253 g/mol. The molecule has 0 unspecified atom stereocenters. The Kier molecular flexibility index (Phi) is 3.81. The van der Waals surface area contributed by atoms with Gasteiger partial charge in [0.15, 0.2) is 0 Å². The van der Waals surface area contributed by atoms with E-state index in [4.69, 9.17) is 0 Å². The summed E-state index contributed by atoms with van der Waals surface area (Å²) in [6, 6.07) is 0.702. The molecule has 1 heterocycles. The van der Waals surface area contributed by atoms with Gasteiger partial charge in [-0.05, 0) is 25.8 Å². The molecule has 1 saturated carbocycles. The quantitative estimate of drug-likeness (QED) is 0.638. The number of hydrogen-bond donors (Lipinski definition) is 2. The van der Waals surface area contributed by atoms with E-state index in [0.717, 1.165) is 22.2 Å². The van der Waals surface area contributed by atoms with Crippen molar-refractivity contribution in [3.63, 3.8) is 0 Å². The van der Waals surface area contributed by atoms with Crippen LogP contribution in [-0.2, 0) is 14.1 Å². The van der Waals surface area contributed by atoms with Crippen LogP contribution in [0.5, 0.6) is 0 Å². The van der Waals surface area contributed by atoms with Crippen molar-refractivity contribution in [2.45, 2.75) is 25.3 Å². The molecule has 1 fully saturated rings. The first-order valence-corrected chi connectivity index (χ1v) is 6.21. The fourth-order valence-electron chi connectivity index (χ4n) is 1.70. The molecule has 0 spiro atoms. The van der Waals surface area contributed by atoms with Gasteiger partial charge < -0.3 is 10.6 Å². The SMILES string of the molecule is Cn1nc(NCCCNC2CC2)c(=O)n(C)c1=O. The standard InChI is InChI=1S/C11H19N5O2/c1-15-10(17)9(14-16(2)11(15)18)13-7-3-6-12-8-4-5-8/h8,12H,3-7H2,1-2H3,(H,13,14). The zero-order valence-electron chi connectivity index (χ0n) is 10.8. The van der Waals surface area contributed by atoms with Gasteiger partial charge in [0.25, 0.3) is 5.56 Å². The van der Waals surface area contributed by atoms with E-state index in [9.17, 15) is 9.59 Å². The maximum absolute atomic E-state index is 11.7. The number of aromatic nitrogens is 3. The second-order valence-electron chi connectivity index (χ2n) is 4.63. The molecule has 18 heavy (non-hydrogen) atoms. The van der Waals surface area contributed by atoms with E-state index in [1.54, 1.807) is 0 Å². The molecule has 0 amide bonds. The number of nitrogens with one attached hydrogen (secondary N) is 2. The maximum atomic E-state index is 11.7. The molecule has 0 aliphatic heterocycles. The second kappa shape index (κ2) is 5.34. The third-order valence-corrected chi connectivity index (χ3v) is 2.98. The van der Waals surface area contributed by atoms with Gasteiger partial charge in [0, 0.05) is 26.7 Å². The van der Waals surface area contributed by atoms with Crippen LogP contribution in [-0.4, -0.2) is 33.5 Å². The van der Waals surface area contributed by atoms with Crippen LogP contribution in [0.1, 0.15) is 19.3 Å². The first-order valence-electron chi connectivity index (χ1n) is 6.21. The van der Waals surface area contributed by atoms with Crippen molar-refractivity contribution in [3.05, 3.63) is 20.8 Å². The van der Waals surface area contributed by atoms with Crippen molar-refractivity contribution < 1.29 is 0 Å². The molecule has 2 N–H and O–H groups in total. The predicted octanol–water partition coefficient (Wildman–Crippen LogP) is -0.967. The lowest BCUT2D eigenvalue weighted by atomic mass is 10.4. The Labute approximate surface area is 105 Å². The van der Waals surface area contributed by atoms with Crippen molar-refractivity contribution >= 4 is 5.82 Å². The zero-order valence-corrected chi connectivity index (χ0v) is 10.8. The van der Waals surface area contributed by atoms with E-state index >= 15 is 0 Å². The summed E-state index contributed by atoms with van der Waals surface area (Å²) in [6.45, 7) is 1.60. The minimum atomic E-state index is -0.416. The monoisotopic (exact) mass is 253 g/mol. The Morgan fingerprint density at radius 3 is 2.67 bits per heavy atom. The molecule has 0 atom stereocenters. The van der Waals surface area contributed by atoms with Gasteiger partial charge in [0.05, 0.1) is 0 Å². The summed E-state index contributed by atoms with van der Waals surface area (Å²) >= 11 is 0. The van der Waals surface area contributed by atoms with Crippen LogP contribution in [0, 0.1) is 0 Å². The average Bonchev–Trinajstić information content (AvgIpc) is 3.16. The molecule has 0 bridgehead atoms. The first kappa shape index (κ1) is 12.8. The minimum Gasteiger partial charge on any atom is -0.364 e. The van der Waals surface area contributed by atoms with Gasteiger partial charge >= 0.3 is 5.69 Å². The van der Waals surface area contributed by atoms with Gasteiger partial charge in [-0.2, -0.15) is 0 Å². The molecule has 0 radical (unpaired) electrons. The first-order chi connectivity index (χ1) is 8.59. The van der Waals surface area contributed by atoms with Crippen LogP contribution in [0.25, 0.3) is 0 Å².